The molecule has 4 rings (SSSR count). The Morgan fingerprint density at radius 1 is 1.07 bits per heavy atom. The van der Waals surface area contributed by atoms with Gasteiger partial charge in [0, 0.05) is 25.2 Å². The SMILES string of the molecule is CCOc1ccc2ccccc2c1C(=O)NCC1(c2ccc(F)cc2)CCOCC1. The minimum absolute atomic E-state index is 0.164. The molecule has 3 aromatic rings. The van der Waals surface area contributed by atoms with Gasteiger partial charge in [0.15, 0.2) is 0 Å². The van der Waals surface area contributed by atoms with Gasteiger partial charge in [-0.1, -0.05) is 42.5 Å². The molecule has 1 saturated heterocycles. The summed E-state index contributed by atoms with van der Waals surface area (Å²) in [6.07, 6.45) is 1.54. The highest BCUT2D eigenvalue weighted by Crippen LogP contribution is 2.35. The standard InChI is InChI=1S/C25H26FNO3/c1-2-30-22-12-7-18-5-3-4-6-21(18)23(22)24(28)27-17-25(13-15-29-16-14-25)19-8-10-20(26)11-9-19/h3-12H,2,13-17H2,1H3,(H,27,28). The lowest BCUT2D eigenvalue weighted by Crippen LogP contribution is -2.44. The van der Waals surface area contributed by atoms with E-state index in [0.29, 0.717) is 37.7 Å². The molecule has 5 heteroatoms. The molecule has 1 aliphatic heterocycles. The van der Waals surface area contributed by atoms with E-state index in [-0.39, 0.29) is 17.1 Å². The van der Waals surface area contributed by atoms with E-state index in [9.17, 15) is 9.18 Å². The molecule has 1 amide bonds. The van der Waals surface area contributed by atoms with Crippen molar-refractivity contribution < 1.29 is 18.7 Å². The van der Waals surface area contributed by atoms with Crippen LogP contribution in [0.25, 0.3) is 10.8 Å². The Balaban J connectivity index is 1.64. The second kappa shape index (κ2) is 8.84. The number of rotatable bonds is 6. The molecule has 0 atom stereocenters. The van der Waals surface area contributed by atoms with Crippen LogP contribution in [-0.2, 0) is 10.2 Å². The third-order valence-electron chi connectivity index (χ3n) is 5.91. The van der Waals surface area contributed by atoms with Crippen molar-refractivity contribution in [2.75, 3.05) is 26.4 Å². The second-order valence-corrected chi connectivity index (χ2v) is 7.68. The first kappa shape index (κ1) is 20.4. The number of carbonyl (C=O) groups excluding carboxylic acids is 1. The number of ether oxygens (including phenoxy) is 2. The zero-order valence-corrected chi connectivity index (χ0v) is 17.1. The molecule has 1 heterocycles. The third-order valence-corrected chi connectivity index (χ3v) is 5.91. The van der Waals surface area contributed by atoms with Crippen LogP contribution in [0, 0.1) is 5.82 Å². The molecule has 0 saturated carbocycles. The van der Waals surface area contributed by atoms with Gasteiger partial charge in [-0.15, -0.1) is 0 Å². The Kier molecular flexibility index (Phi) is 6.00. The summed E-state index contributed by atoms with van der Waals surface area (Å²) in [6, 6.07) is 18.2. The fourth-order valence-electron chi connectivity index (χ4n) is 4.23. The first-order valence-electron chi connectivity index (χ1n) is 10.4. The number of fused-ring (bicyclic) bond motifs is 1. The van der Waals surface area contributed by atoms with Crippen molar-refractivity contribution in [2.24, 2.45) is 0 Å². The zero-order valence-electron chi connectivity index (χ0n) is 17.1. The molecule has 3 aromatic carbocycles. The van der Waals surface area contributed by atoms with Crippen molar-refractivity contribution in [3.8, 4) is 5.75 Å². The van der Waals surface area contributed by atoms with Crippen molar-refractivity contribution in [3.63, 3.8) is 0 Å². The Hall–Kier alpha value is -2.92. The van der Waals surface area contributed by atoms with E-state index in [1.54, 1.807) is 0 Å². The van der Waals surface area contributed by atoms with Crippen LogP contribution in [0.15, 0.2) is 60.7 Å². The molecule has 0 bridgehead atoms. The minimum atomic E-state index is -0.280. The van der Waals surface area contributed by atoms with Crippen LogP contribution in [-0.4, -0.2) is 32.3 Å². The molecule has 156 valence electrons. The normalized spacial score (nSPS) is 15.7. The first-order chi connectivity index (χ1) is 14.6. The summed E-state index contributed by atoms with van der Waals surface area (Å²) >= 11 is 0. The molecule has 0 radical (unpaired) electrons. The van der Waals surface area contributed by atoms with Crippen molar-refractivity contribution in [1.82, 2.24) is 5.32 Å². The number of amides is 1. The Morgan fingerprint density at radius 3 is 2.53 bits per heavy atom. The summed E-state index contributed by atoms with van der Waals surface area (Å²) in [5.41, 5.74) is 1.30. The maximum Gasteiger partial charge on any atom is 0.255 e. The van der Waals surface area contributed by atoms with Crippen molar-refractivity contribution in [2.45, 2.75) is 25.2 Å². The number of carbonyl (C=O) groups is 1. The Labute approximate surface area is 176 Å². The Morgan fingerprint density at radius 2 is 1.80 bits per heavy atom. The maximum atomic E-state index is 13.5. The fourth-order valence-corrected chi connectivity index (χ4v) is 4.23. The molecule has 0 aliphatic carbocycles. The van der Waals surface area contributed by atoms with E-state index in [2.05, 4.69) is 5.32 Å². The van der Waals surface area contributed by atoms with Gasteiger partial charge in [0.05, 0.1) is 12.2 Å². The number of benzene rings is 3. The first-order valence-corrected chi connectivity index (χ1v) is 10.4. The molecule has 0 spiro atoms. The van der Waals surface area contributed by atoms with Gasteiger partial charge >= 0.3 is 0 Å². The third kappa shape index (κ3) is 4.03. The van der Waals surface area contributed by atoms with Crippen molar-refractivity contribution in [1.29, 1.82) is 0 Å². The van der Waals surface area contributed by atoms with E-state index in [1.165, 1.54) is 12.1 Å². The predicted octanol–water partition coefficient (Wildman–Crippen LogP) is 4.86. The van der Waals surface area contributed by atoms with Gasteiger partial charge in [0.25, 0.3) is 5.91 Å². The predicted molar refractivity (Wildman–Crippen MR) is 116 cm³/mol. The highest BCUT2D eigenvalue weighted by atomic mass is 19.1. The maximum absolute atomic E-state index is 13.5. The van der Waals surface area contributed by atoms with Gasteiger partial charge in [-0.3, -0.25) is 4.79 Å². The van der Waals surface area contributed by atoms with E-state index in [0.717, 1.165) is 29.2 Å². The van der Waals surface area contributed by atoms with Crippen LogP contribution in [0.3, 0.4) is 0 Å². The topological polar surface area (TPSA) is 47.6 Å². The van der Waals surface area contributed by atoms with Crippen LogP contribution in [0.1, 0.15) is 35.7 Å². The lowest BCUT2D eigenvalue weighted by atomic mass is 9.74. The van der Waals surface area contributed by atoms with Crippen LogP contribution >= 0.6 is 0 Å². The van der Waals surface area contributed by atoms with Crippen LogP contribution in [0.5, 0.6) is 5.75 Å². The summed E-state index contributed by atoms with van der Waals surface area (Å²) in [4.78, 5) is 13.3. The summed E-state index contributed by atoms with van der Waals surface area (Å²) in [6.45, 7) is 4.07. The molecule has 30 heavy (non-hydrogen) atoms. The van der Waals surface area contributed by atoms with E-state index >= 15 is 0 Å². The van der Waals surface area contributed by atoms with Gasteiger partial charge < -0.3 is 14.8 Å². The fraction of sp³-hybridized carbons (Fsp3) is 0.320. The molecule has 4 nitrogen and oxygen atoms in total. The van der Waals surface area contributed by atoms with E-state index in [4.69, 9.17) is 9.47 Å². The average Bonchev–Trinajstić information content (AvgIpc) is 2.78. The Bertz CT molecular complexity index is 1030. The quantitative estimate of drug-likeness (QED) is 0.635. The highest BCUT2D eigenvalue weighted by Gasteiger charge is 2.35. The molecule has 0 aromatic heterocycles. The van der Waals surface area contributed by atoms with Crippen molar-refractivity contribution in [3.05, 3.63) is 77.6 Å². The second-order valence-electron chi connectivity index (χ2n) is 7.68. The summed E-state index contributed by atoms with van der Waals surface area (Å²) in [7, 11) is 0. The van der Waals surface area contributed by atoms with E-state index in [1.807, 2.05) is 55.5 Å². The molecule has 1 aliphatic rings. The van der Waals surface area contributed by atoms with Crippen LogP contribution in [0.2, 0.25) is 0 Å². The van der Waals surface area contributed by atoms with Gasteiger partial charge in [-0.2, -0.15) is 0 Å². The van der Waals surface area contributed by atoms with Gasteiger partial charge in [0.1, 0.15) is 11.6 Å². The molecule has 1 fully saturated rings. The monoisotopic (exact) mass is 407 g/mol. The molecular weight excluding hydrogens is 381 g/mol. The number of nitrogens with one attached hydrogen (secondary N) is 1. The largest absolute Gasteiger partial charge is 0.493 e. The highest BCUT2D eigenvalue weighted by molar-refractivity contribution is 6.09. The van der Waals surface area contributed by atoms with Gasteiger partial charge in [-0.05, 0) is 54.3 Å². The molecule has 1 N–H and O–H groups in total. The number of hydrogen-bond donors (Lipinski definition) is 1. The lowest BCUT2D eigenvalue weighted by Gasteiger charge is -2.38. The van der Waals surface area contributed by atoms with E-state index < -0.39 is 0 Å². The van der Waals surface area contributed by atoms with Crippen molar-refractivity contribution >= 4 is 16.7 Å². The lowest BCUT2D eigenvalue weighted by molar-refractivity contribution is 0.0487. The number of hydrogen-bond acceptors (Lipinski definition) is 3. The molecular formula is C25H26FNO3. The summed E-state index contributed by atoms with van der Waals surface area (Å²) < 4.78 is 24.8. The van der Waals surface area contributed by atoms with Crippen LogP contribution < -0.4 is 10.1 Å². The van der Waals surface area contributed by atoms with Gasteiger partial charge in [0.2, 0.25) is 0 Å². The van der Waals surface area contributed by atoms with Crippen LogP contribution in [0.4, 0.5) is 4.39 Å². The molecule has 0 unspecified atom stereocenters. The average molecular weight is 407 g/mol. The van der Waals surface area contributed by atoms with Gasteiger partial charge in [-0.25, -0.2) is 4.39 Å². The summed E-state index contributed by atoms with van der Waals surface area (Å²) in [5, 5.41) is 5.00. The smallest absolute Gasteiger partial charge is 0.255 e. The number of halogens is 1. The minimum Gasteiger partial charge on any atom is -0.493 e. The zero-order chi connectivity index (χ0) is 21.0. The summed E-state index contributed by atoms with van der Waals surface area (Å²) in [5.74, 6) is 0.154.